The third-order valence-corrected chi connectivity index (χ3v) is 4.86. The number of para-hydroxylation sites is 1. The number of aliphatic hydroxyl groups is 1. The molecule has 8 N–H and O–H groups in total. The van der Waals surface area contributed by atoms with Gasteiger partial charge in [0.15, 0.2) is 0 Å². The number of carbonyl (C=O) groups is 4. The number of carboxylic acids is 1. The number of aromatic nitrogens is 1. The Labute approximate surface area is 183 Å². The van der Waals surface area contributed by atoms with Crippen LogP contribution < -0.4 is 21.7 Å². The number of carbonyl (C=O) groups excluding carboxylic acids is 3. The van der Waals surface area contributed by atoms with E-state index in [9.17, 15) is 24.3 Å². The van der Waals surface area contributed by atoms with Crippen molar-refractivity contribution in [1.82, 2.24) is 20.9 Å². The van der Waals surface area contributed by atoms with Gasteiger partial charge in [-0.2, -0.15) is 12.6 Å². The van der Waals surface area contributed by atoms with Gasteiger partial charge in [-0.1, -0.05) is 18.2 Å². The van der Waals surface area contributed by atoms with Crippen LogP contribution in [0, 0.1) is 0 Å². The molecule has 31 heavy (non-hydrogen) atoms. The second kappa shape index (κ2) is 11.3. The van der Waals surface area contributed by atoms with E-state index in [0.717, 1.165) is 16.5 Å². The lowest BCUT2D eigenvalue weighted by Gasteiger charge is -2.22. The first kappa shape index (κ1) is 24.2. The number of fused-ring (bicyclic) bond motifs is 1. The van der Waals surface area contributed by atoms with Crippen molar-refractivity contribution in [3.05, 3.63) is 36.0 Å². The van der Waals surface area contributed by atoms with Crippen molar-refractivity contribution in [1.29, 1.82) is 0 Å². The minimum atomic E-state index is -1.35. The number of rotatable bonds is 11. The zero-order valence-corrected chi connectivity index (χ0v) is 17.4. The molecule has 168 valence electrons. The van der Waals surface area contributed by atoms with Crippen LogP contribution in [0.15, 0.2) is 30.5 Å². The Kier molecular flexibility index (Phi) is 8.85. The van der Waals surface area contributed by atoms with Gasteiger partial charge in [-0.3, -0.25) is 19.2 Å². The van der Waals surface area contributed by atoms with E-state index >= 15 is 0 Å². The Balaban J connectivity index is 1.95. The predicted molar refractivity (Wildman–Crippen MR) is 115 cm³/mol. The van der Waals surface area contributed by atoms with Gasteiger partial charge in [-0.25, -0.2) is 0 Å². The number of aliphatic carboxylic acids is 1. The third-order valence-electron chi connectivity index (χ3n) is 4.50. The second-order valence-electron chi connectivity index (χ2n) is 6.77. The van der Waals surface area contributed by atoms with E-state index < -0.39 is 55.0 Å². The molecule has 0 fully saturated rings. The van der Waals surface area contributed by atoms with Crippen LogP contribution in [0.3, 0.4) is 0 Å². The number of hydrogen-bond acceptors (Lipinski definition) is 7. The first-order valence-electron chi connectivity index (χ1n) is 9.39. The van der Waals surface area contributed by atoms with E-state index in [1.54, 1.807) is 6.20 Å². The van der Waals surface area contributed by atoms with Crippen LogP contribution in [0.2, 0.25) is 0 Å². The summed E-state index contributed by atoms with van der Waals surface area (Å²) in [5, 5.41) is 25.8. The molecule has 1 aromatic carbocycles. The highest BCUT2D eigenvalue weighted by atomic mass is 32.1. The molecule has 2 rings (SSSR count). The molecular formula is C19H25N5O6S. The Morgan fingerprint density at radius 2 is 1.74 bits per heavy atom. The van der Waals surface area contributed by atoms with Crippen LogP contribution >= 0.6 is 12.6 Å². The average Bonchev–Trinajstić information content (AvgIpc) is 3.16. The Bertz CT molecular complexity index is 949. The molecule has 2 aromatic rings. The number of H-pyrrole nitrogens is 1. The van der Waals surface area contributed by atoms with Crippen molar-refractivity contribution in [2.75, 3.05) is 18.9 Å². The van der Waals surface area contributed by atoms with E-state index in [4.69, 9.17) is 10.8 Å². The molecule has 0 spiro atoms. The number of thiol groups is 1. The van der Waals surface area contributed by atoms with Gasteiger partial charge >= 0.3 is 5.97 Å². The highest BCUT2D eigenvalue weighted by Gasteiger charge is 2.27. The Hall–Kier alpha value is -3.09. The second-order valence-corrected chi connectivity index (χ2v) is 7.13. The predicted octanol–water partition coefficient (Wildman–Crippen LogP) is -1.87. The fraction of sp³-hybridized carbons (Fsp3) is 0.368. The molecule has 0 radical (unpaired) electrons. The monoisotopic (exact) mass is 451 g/mol. The van der Waals surface area contributed by atoms with Crippen molar-refractivity contribution < 1.29 is 29.4 Å². The molecule has 12 heteroatoms. The first-order chi connectivity index (χ1) is 14.8. The summed E-state index contributed by atoms with van der Waals surface area (Å²) in [6.45, 7) is -1.35. The highest BCUT2D eigenvalue weighted by Crippen LogP contribution is 2.18. The zero-order chi connectivity index (χ0) is 23.0. The van der Waals surface area contributed by atoms with E-state index in [-0.39, 0.29) is 12.2 Å². The van der Waals surface area contributed by atoms with E-state index in [2.05, 4.69) is 33.6 Å². The van der Waals surface area contributed by atoms with Crippen molar-refractivity contribution in [3.63, 3.8) is 0 Å². The molecule has 0 aliphatic carbocycles. The summed E-state index contributed by atoms with van der Waals surface area (Å²) in [7, 11) is 0. The standard InChI is InChI=1S/C19H25N5O6S/c20-12(5-10-6-21-13-4-2-1-3-11(10)13)17(28)23-14(8-25)19(30)24-15(9-31)18(29)22-7-16(26)27/h1-4,6,12,14-15,21,25,31H,5,7-9,20H2,(H,22,29)(H,23,28)(H,24,30)(H,26,27). The smallest absolute Gasteiger partial charge is 0.322 e. The van der Waals surface area contributed by atoms with Crippen molar-refractivity contribution in [3.8, 4) is 0 Å². The summed E-state index contributed by atoms with van der Waals surface area (Å²) in [5.41, 5.74) is 7.70. The Morgan fingerprint density at radius 3 is 2.39 bits per heavy atom. The van der Waals surface area contributed by atoms with E-state index in [0.29, 0.717) is 0 Å². The molecule has 0 aliphatic rings. The molecule has 1 heterocycles. The molecule has 0 aliphatic heterocycles. The normalized spacial score (nSPS) is 13.8. The maximum atomic E-state index is 12.4. The summed E-state index contributed by atoms with van der Waals surface area (Å²) in [5.74, 6) is -3.62. The number of aliphatic hydroxyl groups excluding tert-OH is 1. The third kappa shape index (κ3) is 6.70. The number of nitrogens with two attached hydrogens (primary N) is 1. The topological polar surface area (TPSA) is 187 Å². The van der Waals surface area contributed by atoms with Gasteiger partial charge < -0.3 is 36.9 Å². The van der Waals surface area contributed by atoms with Gasteiger partial charge in [0, 0.05) is 22.9 Å². The first-order valence-corrected chi connectivity index (χ1v) is 10.0. The van der Waals surface area contributed by atoms with E-state index in [1.807, 2.05) is 24.3 Å². The lowest BCUT2D eigenvalue weighted by molar-refractivity contribution is -0.138. The lowest BCUT2D eigenvalue weighted by Crippen LogP contribution is -2.57. The number of hydrogen-bond donors (Lipinski definition) is 8. The summed E-state index contributed by atoms with van der Waals surface area (Å²) in [6, 6.07) is 4.03. The maximum Gasteiger partial charge on any atom is 0.322 e. The summed E-state index contributed by atoms with van der Waals surface area (Å²) in [6.07, 6.45) is 1.95. The Morgan fingerprint density at radius 1 is 1.06 bits per heavy atom. The molecule has 3 unspecified atom stereocenters. The lowest BCUT2D eigenvalue weighted by atomic mass is 10.0. The number of nitrogens with one attached hydrogen (secondary N) is 4. The van der Waals surface area contributed by atoms with Gasteiger partial charge in [-0.15, -0.1) is 0 Å². The largest absolute Gasteiger partial charge is 0.480 e. The van der Waals surface area contributed by atoms with Crippen LogP contribution in [0.25, 0.3) is 10.9 Å². The molecule has 3 amide bonds. The molecule has 0 saturated carbocycles. The minimum absolute atomic E-state index is 0.122. The van der Waals surface area contributed by atoms with E-state index in [1.165, 1.54) is 0 Å². The molecular weight excluding hydrogens is 426 g/mol. The quantitative estimate of drug-likeness (QED) is 0.184. The van der Waals surface area contributed by atoms with Crippen LogP contribution in [0.5, 0.6) is 0 Å². The molecule has 11 nitrogen and oxygen atoms in total. The van der Waals surface area contributed by atoms with Crippen molar-refractivity contribution >= 4 is 47.2 Å². The van der Waals surface area contributed by atoms with Crippen LogP contribution in [-0.2, 0) is 25.6 Å². The van der Waals surface area contributed by atoms with Gasteiger partial charge in [0.25, 0.3) is 0 Å². The highest BCUT2D eigenvalue weighted by molar-refractivity contribution is 7.80. The maximum absolute atomic E-state index is 12.4. The molecule has 1 aromatic heterocycles. The SMILES string of the molecule is NC(Cc1c[nH]c2ccccc12)C(=O)NC(CO)C(=O)NC(CS)C(=O)NCC(=O)O. The fourth-order valence-corrected chi connectivity index (χ4v) is 3.11. The molecule has 0 saturated heterocycles. The number of carboxylic acid groups (broad SMARTS) is 1. The van der Waals surface area contributed by atoms with Gasteiger partial charge in [-0.05, 0) is 18.1 Å². The number of amides is 3. The molecule has 3 atom stereocenters. The van der Waals surface area contributed by atoms with Gasteiger partial charge in [0.05, 0.1) is 12.6 Å². The summed E-state index contributed by atoms with van der Waals surface area (Å²) < 4.78 is 0. The molecule has 0 bridgehead atoms. The van der Waals surface area contributed by atoms with Crippen LogP contribution in [0.1, 0.15) is 5.56 Å². The number of benzene rings is 1. The van der Waals surface area contributed by atoms with Gasteiger partial charge in [0.1, 0.15) is 18.6 Å². The van der Waals surface area contributed by atoms with Crippen molar-refractivity contribution in [2.45, 2.75) is 24.5 Å². The van der Waals surface area contributed by atoms with Gasteiger partial charge in [0.2, 0.25) is 17.7 Å². The summed E-state index contributed by atoms with van der Waals surface area (Å²) in [4.78, 5) is 50.4. The van der Waals surface area contributed by atoms with Crippen LogP contribution in [-0.4, -0.2) is 75.9 Å². The fourth-order valence-electron chi connectivity index (χ4n) is 2.86. The van der Waals surface area contributed by atoms with Crippen molar-refractivity contribution in [2.24, 2.45) is 5.73 Å². The van der Waals surface area contributed by atoms with Crippen LogP contribution in [0.4, 0.5) is 0 Å². The minimum Gasteiger partial charge on any atom is -0.480 e. The zero-order valence-electron chi connectivity index (χ0n) is 16.5. The summed E-state index contributed by atoms with van der Waals surface area (Å²) >= 11 is 3.96. The number of aromatic amines is 1. The average molecular weight is 452 g/mol.